The summed E-state index contributed by atoms with van der Waals surface area (Å²) in [6.07, 6.45) is -0.194. The van der Waals surface area contributed by atoms with Crippen LogP contribution in [0, 0.1) is 27.3 Å². The van der Waals surface area contributed by atoms with Gasteiger partial charge in [0, 0.05) is 18.6 Å². The lowest BCUT2D eigenvalue weighted by molar-refractivity contribution is -0.386. The van der Waals surface area contributed by atoms with Crippen molar-refractivity contribution in [2.75, 3.05) is 7.05 Å². The third-order valence-electron chi connectivity index (χ3n) is 2.94. The first-order chi connectivity index (χ1) is 9.31. The number of nitrogens with one attached hydrogen (secondary N) is 1. The van der Waals surface area contributed by atoms with Gasteiger partial charge in [0.25, 0.3) is 0 Å². The Morgan fingerprint density at radius 1 is 1.65 bits per heavy atom. The zero-order valence-electron chi connectivity index (χ0n) is 11.5. The highest BCUT2D eigenvalue weighted by molar-refractivity contribution is 5.46. The van der Waals surface area contributed by atoms with E-state index in [0.717, 1.165) is 18.2 Å². The second kappa shape index (κ2) is 6.30. The second-order valence-corrected chi connectivity index (χ2v) is 4.70. The quantitative estimate of drug-likeness (QED) is 0.639. The molecule has 1 N–H and O–H groups in total. The van der Waals surface area contributed by atoms with Crippen LogP contribution >= 0.6 is 0 Å². The summed E-state index contributed by atoms with van der Waals surface area (Å²) >= 11 is 0. The van der Waals surface area contributed by atoms with E-state index in [1.807, 2.05) is 0 Å². The molecule has 2 unspecified atom stereocenters. The van der Waals surface area contributed by atoms with E-state index in [1.165, 1.54) is 0 Å². The summed E-state index contributed by atoms with van der Waals surface area (Å²) in [5.74, 6) is -0.756. The van der Waals surface area contributed by atoms with E-state index < -0.39 is 22.4 Å². The molecule has 108 valence electrons. The van der Waals surface area contributed by atoms with Gasteiger partial charge in [-0.15, -0.1) is 0 Å². The second-order valence-electron chi connectivity index (χ2n) is 4.70. The standard InChI is InChI=1S/C13H16FN3O3/c1-9(7-13(2,8-15)16-3)20-12-6-10(14)4-5-11(12)17(18)19/h4-6,9,16H,7H2,1-3H3. The van der Waals surface area contributed by atoms with Crippen molar-refractivity contribution >= 4 is 5.69 Å². The van der Waals surface area contributed by atoms with Crippen molar-refractivity contribution in [1.29, 1.82) is 5.26 Å². The molecular formula is C13H16FN3O3. The average molecular weight is 281 g/mol. The van der Waals surface area contributed by atoms with Crippen LogP contribution in [0.2, 0.25) is 0 Å². The smallest absolute Gasteiger partial charge is 0.311 e. The van der Waals surface area contributed by atoms with Crippen molar-refractivity contribution in [1.82, 2.24) is 5.32 Å². The van der Waals surface area contributed by atoms with Gasteiger partial charge in [-0.25, -0.2) is 4.39 Å². The maximum Gasteiger partial charge on any atom is 0.311 e. The van der Waals surface area contributed by atoms with Crippen molar-refractivity contribution < 1.29 is 14.1 Å². The van der Waals surface area contributed by atoms with Crippen LogP contribution in [0.25, 0.3) is 0 Å². The fourth-order valence-electron chi connectivity index (χ4n) is 1.77. The van der Waals surface area contributed by atoms with Crippen LogP contribution in [0.4, 0.5) is 10.1 Å². The van der Waals surface area contributed by atoms with Gasteiger partial charge in [-0.1, -0.05) is 0 Å². The minimum absolute atomic E-state index is 0.140. The molecule has 0 spiro atoms. The SMILES string of the molecule is CNC(C)(C#N)CC(C)Oc1cc(F)ccc1[N+](=O)[O-]. The number of nitriles is 1. The molecule has 1 rings (SSSR count). The Morgan fingerprint density at radius 2 is 2.30 bits per heavy atom. The predicted molar refractivity (Wildman–Crippen MR) is 70.8 cm³/mol. The van der Waals surface area contributed by atoms with Gasteiger partial charge in [0.1, 0.15) is 11.4 Å². The van der Waals surface area contributed by atoms with E-state index >= 15 is 0 Å². The monoisotopic (exact) mass is 281 g/mol. The number of halogens is 1. The van der Waals surface area contributed by atoms with E-state index in [2.05, 4.69) is 11.4 Å². The summed E-state index contributed by atoms with van der Waals surface area (Å²) < 4.78 is 18.6. The topological polar surface area (TPSA) is 88.2 Å². The first-order valence-electron chi connectivity index (χ1n) is 6.02. The van der Waals surface area contributed by atoms with E-state index in [0.29, 0.717) is 6.42 Å². The highest BCUT2D eigenvalue weighted by atomic mass is 19.1. The lowest BCUT2D eigenvalue weighted by atomic mass is 9.97. The van der Waals surface area contributed by atoms with Crippen molar-refractivity contribution in [3.05, 3.63) is 34.1 Å². The number of nitrogens with zero attached hydrogens (tertiary/aromatic N) is 2. The summed E-state index contributed by atoms with van der Waals surface area (Å²) in [6.45, 7) is 3.36. The molecule has 2 atom stereocenters. The maximum atomic E-state index is 13.2. The van der Waals surface area contributed by atoms with Crippen molar-refractivity contribution in [3.63, 3.8) is 0 Å². The number of nitro benzene ring substituents is 1. The van der Waals surface area contributed by atoms with Crippen LogP contribution in [0.5, 0.6) is 5.75 Å². The summed E-state index contributed by atoms with van der Waals surface area (Å²) in [7, 11) is 1.64. The third-order valence-corrected chi connectivity index (χ3v) is 2.94. The summed E-state index contributed by atoms with van der Waals surface area (Å²) in [5.41, 5.74) is -1.12. The lowest BCUT2D eigenvalue weighted by Gasteiger charge is -2.25. The van der Waals surface area contributed by atoms with Crippen LogP contribution in [-0.2, 0) is 0 Å². The zero-order chi connectivity index (χ0) is 15.3. The number of hydrogen-bond acceptors (Lipinski definition) is 5. The molecule has 0 amide bonds. The van der Waals surface area contributed by atoms with Crippen molar-refractivity contribution in [2.45, 2.75) is 31.9 Å². The zero-order valence-corrected chi connectivity index (χ0v) is 11.5. The van der Waals surface area contributed by atoms with Crippen LogP contribution < -0.4 is 10.1 Å². The highest BCUT2D eigenvalue weighted by Crippen LogP contribution is 2.29. The molecule has 1 aromatic carbocycles. The lowest BCUT2D eigenvalue weighted by Crippen LogP contribution is -2.41. The molecule has 0 saturated heterocycles. The molecule has 1 aromatic rings. The minimum Gasteiger partial charge on any atom is -0.484 e. The normalized spacial score (nSPS) is 14.9. The van der Waals surface area contributed by atoms with Gasteiger partial charge in [0.05, 0.1) is 17.1 Å². The molecule has 0 saturated carbocycles. The van der Waals surface area contributed by atoms with Gasteiger partial charge >= 0.3 is 5.69 Å². The molecule has 0 fully saturated rings. The molecule has 0 heterocycles. The van der Waals surface area contributed by atoms with Gasteiger partial charge in [-0.3, -0.25) is 10.1 Å². The Labute approximate surface area is 116 Å². The predicted octanol–water partition coefficient (Wildman–Crippen LogP) is 2.39. The fourth-order valence-corrected chi connectivity index (χ4v) is 1.77. The van der Waals surface area contributed by atoms with E-state index in [4.69, 9.17) is 10.00 Å². The van der Waals surface area contributed by atoms with Crippen LogP contribution in [0.15, 0.2) is 18.2 Å². The Hall–Kier alpha value is -2.20. The fraction of sp³-hybridized carbons (Fsp3) is 0.462. The number of hydrogen-bond donors (Lipinski definition) is 1. The molecule has 0 aliphatic rings. The molecule has 0 aliphatic heterocycles. The summed E-state index contributed by atoms with van der Waals surface area (Å²) in [5, 5.41) is 22.7. The molecule has 0 radical (unpaired) electrons. The molecule has 6 nitrogen and oxygen atoms in total. The first-order valence-corrected chi connectivity index (χ1v) is 6.02. The van der Waals surface area contributed by atoms with Crippen molar-refractivity contribution in [3.8, 4) is 11.8 Å². The molecule has 20 heavy (non-hydrogen) atoms. The molecule has 0 aromatic heterocycles. The third kappa shape index (κ3) is 3.90. The van der Waals surface area contributed by atoms with Gasteiger partial charge in [0.2, 0.25) is 0 Å². The number of ether oxygens (including phenoxy) is 1. The van der Waals surface area contributed by atoms with Crippen LogP contribution in [-0.4, -0.2) is 23.6 Å². The highest BCUT2D eigenvalue weighted by Gasteiger charge is 2.26. The number of benzene rings is 1. The van der Waals surface area contributed by atoms with Crippen LogP contribution in [0.3, 0.4) is 0 Å². The van der Waals surface area contributed by atoms with Crippen LogP contribution in [0.1, 0.15) is 20.3 Å². The van der Waals surface area contributed by atoms with Crippen molar-refractivity contribution in [2.24, 2.45) is 0 Å². The Morgan fingerprint density at radius 3 is 2.80 bits per heavy atom. The number of rotatable bonds is 6. The number of nitro groups is 1. The van der Waals surface area contributed by atoms with Gasteiger partial charge in [-0.2, -0.15) is 5.26 Å². The first kappa shape index (κ1) is 15.9. The van der Waals surface area contributed by atoms with E-state index in [1.54, 1.807) is 20.9 Å². The Balaban J connectivity index is 2.91. The molecule has 0 bridgehead atoms. The van der Waals surface area contributed by atoms with Gasteiger partial charge in [0.15, 0.2) is 5.75 Å². The summed E-state index contributed by atoms with van der Waals surface area (Å²) in [4.78, 5) is 10.2. The molecule has 0 aliphatic carbocycles. The Kier molecular flexibility index (Phi) is 5.00. The average Bonchev–Trinajstić information content (AvgIpc) is 2.38. The molecule has 7 heteroatoms. The van der Waals surface area contributed by atoms with Gasteiger partial charge < -0.3 is 10.1 Å². The Bertz CT molecular complexity index is 544. The van der Waals surface area contributed by atoms with E-state index in [9.17, 15) is 14.5 Å². The minimum atomic E-state index is -0.818. The van der Waals surface area contributed by atoms with Gasteiger partial charge in [-0.05, 0) is 27.0 Å². The maximum absolute atomic E-state index is 13.2. The van der Waals surface area contributed by atoms with E-state index in [-0.39, 0.29) is 11.4 Å². The largest absolute Gasteiger partial charge is 0.484 e. The summed E-state index contributed by atoms with van der Waals surface area (Å²) in [6, 6.07) is 5.12. The molecular weight excluding hydrogens is 265 g/mol.